The zero-order valence-electron chi connectivity index (χ0n) is 25.8. The van der Waals surface area contributed by atoms with E-state index in [2.05, 4.69) is 5.32 Å². The molecule has 0 radical (unpaired) electrons. The molecule has 0 saturated carbocycles. The molecule has 0 unspecified atom stereocenters. The molecule has 2 amide bonds. The van der Waals surface area contributed by atoms with E-state index in [0.29, 0.717) is 11.3 Å². The van der Waals surface area contributed by atoms with Crippen LogP contribution >= 0.6 is 0 Å². The molecule has 0 aromatic heterocycles. The topological polar surface area (TPSA) is 86.8 Å². The van der Waals surface area contributed by atoms with Crippen LogP contribution in [-0.2, 0) is 32.6 Å². The highest BCUT2D eigenvalue weighted by molar-refractivity contribution is 7.92. The van der Waals surface area contributed by atoms with Gasteiger partial charge >= 0.3 is 0 Å². The Labute approximate surface area is 261 Å². The molecule has 0 bridgehead atoms. The van der Waals surface area contributed by atoms with E-state index in [0.717, 1.165) is 27.4 Å². The molecule has 0 heterocycles. The number of para-hydroxylation sites is 1. The van der Waals surface area contributed by atoms with E-state index in [1.807, 2.05) is 94.4 Å². The molecule has 230 valence electrons. The van der Waals surface area contributed by atoms with Crippen LogP contribution in [0.25, 0.3) is 0 Å². The summed E-state index contributed by atoms with van der Waals surface area (Å²) < 4.78 is 29.4. The lowest BCUT2D eigenvalue weighted by atomic mass is 10.0. The first-order valence-electron chi connectivity index (χ1n) is 14.9. The van der Waals surface area contributed by atoms with E-state index in [9.17, 15) is 18.0 Å². The highest BCUT2D eigenvalue weighted by atomic mass is 32.2. The number of hydrogen-bond acceptors (Lipinski definition) is 4. The number of aryl methyl sites for hydroxylation is 2. The summed E-state index contributed by atoms with van der Waals surface area (Å²) in [5, 5.41) is 3.07. The van der Waals surface area contributed by atoms with E-state index >= 15 is 0 Å². The average Bonchev–Trinajstić information content (AvgIpc) is 3.03. The molecule has 8 heteroatoms. The molecule has 0 saturated heterocycles. The van der Waals surface area contributed by atoms with Crippen molar-refractivity contribution < 1.29 is 18.0 Å². The largest absolute Gasteiger partial charge is 0.352 e. The van der Waals surface area contributed by atoms with Gasteiger partial charge in [-0.1, -0.05) is 97.9 Å². The van der Waals surface area contributed by atoms with Crippen molar-refractivity contribution in [2.75, 3.05) is 10.8 Å². The number of hydrogen-bond donors (Lipinski definition) is 1. The molecule has 0 aliphatic carbocycles. The molecule has 4 aromatic rings. The van der Waals surface area contributed by atoms with Gasteiger partial charge in [0.25, 0.3) is 10.0 Å². The smallest absolute Gasteiger partial charge is 0.264 e. The minimum Gasteiger partial charge on any atom is -0.352 e. The molecule has 4 rings (SSSR count). The van der Waals surface area contributed by atoms with Crippen LogP contribution in [0.3, 0.4) is 0 Å². The Hall–Kier alpha value is -4.43. The molecule has 0 aliphatic rings. The molecular formula is C36H41N3O4S. The average molecular weight is 612 g/mol. The number of nitrogens with zero attached hydrogens (tertiary/aromatic N) is 2. The molecule has 0 spiro atoms. The summed E-state index contributed by atoms with van der Waals surface area (Å²) in [4.78, 5) is 30.1. The van der Waals surface area contributed by atoms with Gasteiger partial charge in [-0.25, -0.2) is 8.42 Å². The summed E-state index contributed by atoms with van der Waals surface area (Å²) in [6.45, 7) is 7.36. The summed E-state index contributed by atoms with van der Waals surface area (Å²) in [7, 11) is -4.13. The normalized spacial score (nSPS) is 12.6. The monoisotopic (exact) mass is 611 g/mol. The van der Waals surface area contributed by atoms with Crippen molar-refractivity contribution in [2.45, 2.75) is 64.1 Å². The van der Waals surface area contributed by atoms with E-state index in [1.54, 1.807) is 35.2 Å². The predicted molar refractivity (Wildman–Crippen MR) is 176 cm³/mol. The Morgan fingerprint density at radius 3 is 1.95 bits per heavy atom. The number of rotatable bonds is 13. The zero-order valence-corrected chi connectivity index (χ0v) is 26.6. The van der Waals surface area contributed by atoms with Crippen LogP contribution in [0.5, 0.6) is 0 Å². The summed E-state index contributed by atoms with van der Waals surface area (Å²) in [6, 6.07) is 31.5. The predicted octanol–water partition coefficient (Wildman–Crippen LogP) is 6.05. The van der Waals surface area contributed by atoms with Crippen LogP contribution in [0.1, 0.15) is 42.5 Å². The summed E-state index contributed by atoms with van der Waals surface area (Å²) in [5.74, 6) is -0.755. The zero-order chi connectivity index (χ0) is 31.7. The lowest BCUT2D eigenvalue weighted by molar-refractivity contribution is -0.140. The highest BCUT2D eigenvalue weighted by Gasteiger charge is 2.35. The maximum Gasteiger partial charge on any atom is 0.264 e. The second-order valence-corrected chi connectivity index (χ2v) is 12.9. The van der Waals surface area contributed by atoms with Crippen LogP contribution in [0.2, 0.25) is 0 Å². The first-order chi connectivity index (χ1) is 21.1. The number of nitrogens with one attached hydrogen (secondary N) is 1. The molecule has 4 aromatic carbocycles. The van der Waals surface area contributed by atoms with Gasteiger partial charge in [0.15, 0.2) is 0 Å². The van der Waals surface area contributed by atoms with Gasteiger partial charge in [0.05, 0.1) is 10.6 Å². The van der Waals surface area contributed by atoms with E-state index in [1.165, 1.54) is 12.1 Å². The SMILES string of the molecule is CC[C@@H](C)NC(=O)[C@@H](Cc1ccccc1)N(Cc1ccccc1C)C(=O)CN(c1ccccc1C)S(=O)(=O)c1ccccc1. The molecule has 44 heavy (non-hydrogen) atoms. The highest BCUT2D eigenvalue weighted by Crippen LogP contribution is 2.28. The number of sulfonamides is 1. The Balaban J connectivity index is 1.82. The summed E-state index contributed by atoms with van der Waals surface area (Å²) in [6.07, 6.45) is 1.00. The minimum atomic E-state index is -4.13. The van der Waals surface area contributed by atoms with Crippen LogP contribution in [-0.4, -0.2) is 43.8 Å². The van der Waals surface area contributed by atoms with E-state index in [-0.39, 0.29) is 29.8 Å². The van der Waals surface area contributed by atoms with Gasteiger partial charge < -0.3 is 10.2 Å². The maximum absolute atomic E-state index is 14.6. The van der Waals surface area contributed by atoms with Gasteiger partial charge in [0, 0.05) is 19.0 Å². The van der Waals surface area contributed by atoms with Gasteiger partial charge in [-0.05, 0) is 67.6 Å². The standard InChI is InChI=1S/C36H41N3O4S/c1-5-29(4)37-36(41)34(24-30-18-8-6-9-19-30)38(25-31-20-14-12-16-27(31)2)35(40)26-39(33-23-15-13-17-28(33)3)44(42,43)32-21-10-7-11-22-32/h6-23,29,34H,5,24-26H2,1-4H3,(H,37,41)/t29-,34-/m1/s1. The molecular weight excluding hydrogens is 570 g/mol. The van der Waals surface area contributed by atoms with E-state index < -0.39 is 28.5 Å². The number of benzene rings is 4. The second kappa shape index (κ2) is 14.8. The third-order valence-corrected chi connectivity index (χ3v) is 9.64. The van der Waals surface area contributed by atoms with Crippen molar-refractivity contribution in [3.05, 3.63) is 131 Å². The van der Waals surface area contributed by atoms with Crippen molar-refractivity contribution >= 4 is 27.5 Å². The minimum absolute atomic E-state index is 0.0804. The van der Waals surface area contributed by atoms with Gasteiger partial charge in [0.1, 0.15) is 12.6 Å². The first-order valence-corrected chi connectivity index (χ1v) is 16.4. The Bertz CT molecular complexity index is 1660. The Morgan fingerprint density at radius 1 is 0.773 bits per heavy atom. The van der Waals surface area contributed by atoms with Crippen LogP contribution in [0, 0.1) is 13.8 Å². The first kappa shape index (κ1) is 32.5. The number of carbonyl (C=O) groups is 2. The second-order valence-electron chi connectivity index (χ2n) is 11.1. The van der Waals surface area contributed by atoms with Crippen molar-refractivity contribution in [1.29, 1.82) is 0 Å². The quantitative estimate of drug-likeness (QED) is 0.199. The molecule has 0 aliphatic heterocycles. The molecule has 1 N–H and O–H groups in total. The maximum atomic E-state index is 14.6. The van der Waals surface area contributed by atoms with Crippen molar-refractivity contribution in [2.24, 2.45) is 0 Å². The van der Waals surface area contributed by atoms with Gasteiger partial charge in [-0.2, -0.15) is 0 Å². The van der Waals surface area contributed by atoms with Crippen molar-refractivity contribution in [1.82, 2.24) is 10.2 Å². The number of amides is 2. The van der Waals surface area contributed by atoms with Crippen LogP contribution in [0.4, 0.5) is 5.69 Å². The summed E-state index contributed by atoms with van der Waals surface area (Å²) >= 11 is 0. The fourth-order valence-electron chi connectivity index (χ4n) is 5.04. The summed E-state index contributed by atoms with van der Waals surface area (Å²) in [5.41, 5.74) is 3.86. The third-order valence-electron chi connectivity index (χ3n) is 7.87. The lowest BCUT2D eigenvalue weighted by Gasteiger charge is -2.35. The molecule has 7 nitrogen and oxygen atoms in total. The van der Waals surface area contributed by atoms with Crippen molar-refractivity contribution in [3.8, 4) is 0 Å². The molecule has 0 fully saturated rings. The van der Waals surface area contributed by atoms with Gasteiger partial charge in [-0.3, -0.25) is 13.9 Å². The Kier molecular flexibility index (Phi) is 11.0. The van der Waals surface area contributed by atoms with Gasteiger partial charge in [-0.15, -0.1) is 0 Å². The van der Waals surface area contributed by atoms with Crippen LogP contribution in [0.15, 0.2) is 114 Å². The molecule has 2 atom stereocenters. The lowest BCUT2D eigenvalue weighted by Crippen LogP contribution is -2.54. The van der Waals surface area contributed by atoms with Crippen molar-refractivity contribution in [3.63, 3.8) is 0 Å². The number of carbonyl (C=O) groups excluding carboxylic acids is 2. The van der Waals surface area contributed by atoms with Crippen LogP contribution < -0.4 is 9.62 Å². The third kappa shape index (κ3) is 7.94. The number of anilines is 1. The Morgan fingerprint density at radius 2 is 1.34 bits per heavy atom. The fourth-order valence-corrected chi connectivity index (χ4v) is 6.54. The van der Waals surface area contributed by atoms with Gasteiger partial charge in [0.2, 0.25) is 11.8 Å². The van der Waals surface area contributed by atoms with E-state index in [4.69, 9.17) is 0 Å². The fraction of sp³-hybridized carbons (Fsp3) is 0.278.